The van der Waals surface area contributed by atoms with E-state index in [0.717, 1.165) is 37.6 Å². The number of hydrogen-bond donors (Lipinski definition) is 0. The van der Waals surface area contributed by atoms with Gasteiger partial charge in [-0.1, -0.05) is 0 Å². The first-order valence-electron chi connectivity index (χ1n) is 8.07. The van der Waals surface area contributed by atoms with Crippen LogP contribution in [0.5, 0.6) is 0 Å². The van der Waals surface area contributed by atoms with Gasteiger partial charge in [-0.15, -0.1) is 0 Å². The summed E-state index contributed by atoms with van der Waals surface area (Å²) in [6.07, 6.45) is 7.36. The van der Waals surface area contributed by atoms with Crippen LogP contribution in [-0.2, 0) is 24.9 Å². The molecule has 0 unspecified atom stereocenters. The number of pyridine rings is 1. The Morgan fingerprint density at radius 2 is 1.96 bits per heavy atom. The minimum absolute atomic E-state index is 0.150. The zero-order chi connectivity index (χ0) is 15.8. The molecule has 0 spiro atoms. The van der Waals surface area contributed by atoms with Crippen molar-refractivity contribution in [3.8, 4) is 0 Å². The van der Waals surface area contributed by atoms with Gasteiger partial charge in [-0.05, 0) is 17.7 Å². The van der Waals surface area contributed by atoms with Gasteiger partial charge in [-0.2, -0.15) is 0 Å². The Morgan fingerprint density at radius 3 is 2.65 bits per heavy atom. The number of imidazole rings is 1. The van der Waals surface area contributed by atoms with E-state index in [1.165, 1.54) is 0 Å². The van der Waals surface area contributed by atoms with E-state index in [-0.39, 0.29) is 5.92 Å². The lowest BCUT2D eigenvalue weighted by Crippen LogP contribution is -2.32. The van der Waals surface area contributed by atoms with Crippen LogP contribution >= 0.6 is 0 Å². The Kier molecular flexibility index (Phi) is 3.61. The number of aryl methyl sites for hydroxylation is 1. The number of carbonyl (C=O) groups excluding carboxylic acids is 1. The quantitative estimate of drug-likeness (QED) is 0.842. The van der Waals surface area contributed by atoms with E-state index in [0.29, 0.717) is 18.4 Å². The Balaban J connectivity index is 1.38. The monoisotopic (exact) mass is 311 g/mol. The van der Waals surface area contributed by atoms with Gasteiger partial charge in [-0.3, -0.25) is 14.7 Å². The molecule has 2 atom stereocenters. The van der Waals surface area contributed by atoms with Crippen molar-refractivity contribution in [2.24, 2.45) is 18.9 Å². The van der Waals surface area contributed by atoms with Gasteiger partial charge in [0.05, 0.1) is 12.5 Å². The average molecular weight is 311 g/mol. The summed E-state index contributed by atoms with van der Waals surface area (Å²) in [4.78, 5) is 25.4. The van der Waals surface area contributed by atoms with Crippen molar-refractivity contribution >= 4 is 5.91 Å². The molecule has 2 aliphatic heterocycles. The van der Waals surface area contributed by atoms with Crippen molar-refractivity contribution in [2.75, 3.05) is 19.6 Å². The van der Waals surface area contributed by atoms with E-state index >= 15 is 0 Å². The van der Waals surface area contributed by atoms with Gasteiger partial charge in [-0.25, -0.2) is 4.98 Å². The Labute approximate surface area is 135 Å². The van der Waals surface area contributed by atoms with E-state index in [2.05, 4.69) is 14.9 Å². The van der Waals surface area contributed by atoms with Gasteiger partial charge in [0.1, 0.15) is 5.82 Å². The molecule has 23 heavy (non-hydrogen) atoms. The second-order valence-electron chi connectivity index (χ2n) is 6.59. The zero-order valence-electron chi connectivity index (χ0n) is 13.3. The van der Waals surface area contributed by atoms with Gasteiger partial charge in [0, 0.05) is 63.9 Å². The summed E-state index contributed by atoms with van der Waals surface area (Å²) in [6, 6.07) is 3.96. The molecular weight excluding hydrogens is 290 g/mol. The number of hydrogen-bond acceptors (Lipinski definition) is 4. The van der Waals surface area contributed by atoms with E-state index in [9.17, 15) is 4.79 Å². The van der Waals surface area contributed by atoms with E-state index in [4.69, 9.17) is 0 Å². The zero-order valence-corrected chi connectivity index (χ0v) is 13.3. The highest BCUT2D eigenvalue weighted by Gasteiger charge is 2.45. The van der Waals surface area contributed by atoms with Crippen molar-refractivity contribution in [3.63, 3.8) is 0 Å². The van der Waals surface area contributed by atoms with Crippen LogP contribution in [0, 0.1) is 11.8 Å². The molecule has 0 aromatic carbocycles. The van der Waals surface area contributed by atoms with Crippen molar-refractivity contribution in [1.82, 2.24) is 24.3 Å². The van der Waals surface area contributed by atoms with Crippen molar-refractivity contribution < 1.29 is 4.79 Å². The molecule has 6 nitrogen and oxygen atoms in total. The maximum Gasteiger partial charge on any atom is 0.227 e. The summed E-state index contributed by atoms with van der Waals surface area (Å²) in [7, 11) is 2.01. The van der Waals surface area contributed by atoms with Gasteiger partial charge < -0.3 is 9.47 Å². The molecule has 0 radical (unpaired) electrons. The fourth-order valence-corrected chi connectivity index (χ4v) is 3.76. The first-order chi connectivity index (χ1) is 11.2. The molecule has 2 aromatic rings. The summed E-state index contributed by atoms with van der Waals surface area (Å²) in [5, 5.41) is 0. The summed E-state index contributed by atoms with van der Waals surface area (Å²) in [6.45, 7) is 4.23. The molecule has 4 rings (SSSR count). The smallest absolute Gasteiger partial charge is 0.227 e. The molecule has 6 heteroatoms. The van der Waals surface area contributed by atoms with Crippen LogP contribution in [0.4, 0.5) is 0 Å². The number of fused-ring (bicyclic) bond motifs is 1. The standard InChI is InChI=1S/C17H21N5O/c1-20-7-6-19-16(20)12-21-9-14-10-22(17(23)15(14)11-21)8-13-2-4-18-5-3-13/h2-7,14-15H,8-12H2,1H3/t14-,15-/m1/s1. The Bertz CT molecular complexity index is 698. The van der Waals surface area contributed by atoms with Crippen molar-refractivity contribution in [2.45, 2.75) is 13.1 Å². The number of likely N-dealkylation sites (tertiary alicyclic amines) is 2. The third-order valence-corrected chi connectivity index (χ3v) is 5.01. The predicted octanol–water partition coefficient (Wildman–Crippen LogP) is 0.905. The van der Waals surface area contributed by atoms with E-state index < -0.39 is 0 Å². The Hall–Kier alpha value is -2.21. The SMILES string of the molecule is Cn1ccnc1CN1C[C@@H]2CN(Cc3ccncc3)C(=O)[C@@H]2C1. The minimum atomic E-state index is 0.150. The van der Waals surface area contributed by atoms with Crippen LogP contribution in [0.3, 0.4) is 0 Å². The minimum Gasteiger partial charge on any atom is -0.338 e. The molecule has 120 valence electrons. The highest BCUT2D eigenvalue weighted by Crippen LogP contribution is 2.33. The molecule has 1 amide bonds. The van der Waals surface area contributed by atoms with Crippen LogP contribution in [0.15, 0.2) is 36.9 Å². The fraction of sp³-hybridized carbons (Fsp3) is 0.471. The molecule has 2 aliphatic rings. The Morgan fingerprint density at radius 1 is 1.13 bits per heavy atom. The average Bonchev–Trinajstić information content (AvgIpc) is 3.20. The molecule has 2 aromatic heterocycles. The fourth-order valence-electron chi connectivity index (χ4n) is 3.76. The lowest BCUT2D eigenvalue weighted by atomic mass is 10.0. The summed E-state index contributed by atoms with van der Waals surface area (Å²) >= 11 is 0. The lowest BCUT2D eigenvalue weighted by molar-refractivity contribution is -0.131. The van der Waals surface area contributed by atoms with E-state index in [1.807, 2.05) is 41.0 Å². The van der Waals surface area contributed by atoms with Crippen LogP contribution < -0.4 is 0 Å². The summed E-state index contributed by atoms with van der Waals surface area (Å²) < 4.78 is 2.05. The second kappa shape index (κ2) is 5.77. The summed E-state index contributed by atoms with van der Waals surface area (Å²) in [5.41, 5.74) is 1.15. The molecule has 0 bridgehead atoms. The molecule has 2 saturated heterocycles. The molecular formula is C17H21N5O. The van der Waals surface area contributed by atoms with Crippen molar-refractivity contribution in [3.05, 3.63) is 48.3 Å². The number of rotatable bonds is 4. The number of amides is 1. The number of carbonyl (C=O) groups is 1. The van der Waals surface area contributed by atoms with Gasteiger partial charge in [0.15, 0.2) is 0 Å². The van der Waals surface area contributed by atoms with Gasteiger partial charge in [0.25, 0.3) is 0 Å². The largest absolute Gasteiger partial charge is 0.338 e. The molecule has 2 fully saturated rings. The maximum absolute atomic E-state index is 12.7. The first-order valence-corrected chi connectivity index (χ1v) is 8.07. The van der Waals surface area contributed by atoms with Crippen LogP contribution in [0.25, 0.3) is 0 Å². The van der Waals surface area contributed by atoms with Crippen LogP contribution in [0.2, 0.25) is 0 Å². The normalized spacial score (nSPS) is 24.4. The highest BCUT2D eigenvalue weighted by molar-refractivity contribution is 5.82. The first kappa shape index (κ1) is 14.4. The molecule has 0 N–H and O–H groups in total. The van der Waals surface area contributed by atoms with Gasteiger partial charge >= 0.3 is 0 Å². The maximum atomic E-state index is 12.7. The highest BCUT2D eigenvalue weighted by atomic mass is 16.2. The number of aromatic nitrogens is 3. The van der Waals surface area contributed by atoms with Crippen molar-refractivity contribution in [1.29, 1.82) is 0 Å². The predicted molar refractivity (Wildman–Crippen MR) is 85.1 cm³/mol. The molecule has 4 heterocycles. The van der Waals surface area contributed by atoms with Crippen LogP contribution in [-0.4, -0.2) is 49.9 Å². The van der Waals surface area contributed by atoms with Gasteiger partial charge in [0.2, 0.25) is 5.91 Å². The molecule has 0 aliphatic carbocycles. The third kappa shape index (κ3) is 2.74. The summed E-state index contributed by atoms with van der Waals surface area (Å²) in [5.74, 6) is 1.96. The molecule has 0 saturated carbocycles. The third-order valence-electron chi connectivity index (χ3n) is 5.01. The topological polar surface area (TPSA) is 54.3 Å². The lowest BCUT2D eigenvalue weighted by Gasteiger charge is -2.21. The van der Waals surface area contributed by atoms with E-state index in [1.54, 1.807) is 12.4 Å². The van der Waals surface area contributed by atoms with Crippen LogP contribution in [0.1, 0.15) is 11.4 Å². The number of nitrogens with zero attached hydrogens (tertiary/aromatic N) is 5. The second-order valence-corrected chi connectivity index (χ2v) is 6.59.